The molecule has 0 aliphatic rings. The van der Waals surface area contributed by atoms with Crippen molar-refractivity contribution in [1.82, 2.24) is 0 Å². The van der Waals surface area contributed by atoms with Gasteiger partial charge in [0.15, 0.2) is 5.78 Å². The van der Waals surface area contributed by atoms with Crippen molar-refractivity contribution >= 4 is 5.78 Å². The third kappa shape index (κ3) is 7.51. The number of ether oxygens (including phenoxy) is 2. The Kier molecular flexibility index (Phi) is 8.60. The van der Waals surface area contributed by atoms with Gasteiger partial charge in [0.25, 0.3) is 0 Å². The van der Waals surface area contributed by atoms with Gasteiger partial charge in [0, 0.05) is 33.4 Å². The number of ketones is 1. The van der Waals surface area contributed by atoms with E-state index in [1.165, 1.54) is 0 Å². The van der Waals surface area contributed by atoms with Crippen LogP contribution in [-0.2, 0) is 0 Å². The van der Waals surface area contributed by atoms with Crippen LogP contribution in [0.15, 0.2) is 158 Å². The van der Waals surface area contributed by atoms with E-state index in [-0.39, 0.29) is 5.78 Å². The second-order valence-electron chi connectivity index (χ2n) is 9.88. The summed E-state index contributed by atoms with van der Waals surface area (Å²) in [5.41, 5.74) is 4.26. The van der Waals surface area contributed by atoms with Crippen LogP contribution >= 0.6 is 0 Å². The lowest BCUT2D eigenvalue weighted by Gasteiger charge is -2.05. The smallest absolute Gasteiger partial charge is 0.193 e. The summed E-state index contributed by atoms with van der Waals surface area (Å²) in [7, 11) is 0. The maximum atomic E-state index is 13.4. The molecule has 44 heavy (non-hydrogen) atoms. The summed E-state index contributed by atoms with van der Waals surface area (Å²) < 4.78 is 11.8. The van der Waals surface area contributed by atoms with Gasteiger partial charge in [-0.2, -0.15) is 0 Å². The summed E-state index contributed by atoms with van der Waals surface area (Å²) in [4.78, 5) is 13.4. The predicted molar refractivity (Wildman–Crippen MR) is 174 cm³/mol. The topological polar surface area (TPSA) is 35.5 Å². The zero-order chi connectivity index (χ0) is 30.0. The fourth-order valence-electron chi connectivity index (χ4n) is 4.46. The fourth-order valence-corrected chi connectivity index (χ4v) is 4.46. The number of rotatable bonds is 6. The van der Waals surface area contributed by atoms with Gasteiger partial charge in [-0.1, -0.05) is 96.5 Å². The standard InChI is InChI=1S/C41H26O3/c42-41(35-15-7-11-31(27-35)23-25-33-13-9-21-39(29-33)43-37-17-3-1-4-18-37)36-16-8-12-32(28-36)24-26-34-14-10-22-40(30-34)44-38-19-5-2-6-20-38/h1-22,27-30H. The van der Waals surface area contributed by atoms with Gasteiger partial charge >= 0.3 is 0 Å². The van der Waals surface area contributed by atoms with Crippen molar-refractivity contribution in [3.63, 3.8) is 0 Å². The zero-order valence-corrected chi connectivity index (χ0v) is 23.7. The lowest BCUT2D eigenvalue weighted by Crippen LogP contribution is -2.01. The quantitative estimate of drug-likeness (QED) is 0.149. The minimum Gasteiger partial charge on any atom is -0.457 e. The molecule has 0 aliphatic heterocycles. The summed E-state index contributed by atoms with van der Waals surface area (Å²) in [5, 5.41) is 0. The molecule has 0 radical (unpaired) electrons. The van der Waals surface area contributed by atoms with E-state index in [0.29, 0.717) is 22.6 Å². The molecule has 0 unspecified atom stereocenters. The van der Waals surface area contributed by atoms with E-state index >= 15 is 0 Å². The Morgan fingerprint density at radius 2 is 0.705 bits per heavy atom. The highest BCUT2D eigenvalue weighted by atomic mass is 16.5. The van der Waals surface area contributed by atoms with Crippen molar-refractivity contribution in [3.8, 4) is 46.7 Å². The minimum atomic E-state index is -0.0891. The highest BCUT2D eigenvalue weighted by Crippen LogP contribution is 2.23. The summed E-state index contributed by atoms with van der Waals surface area (Å²) in [6.45, 7) is 0. The Morgan fingerprint density at radius 3 is 1.11 bits per heavy atom. The van der Waals surface area contributed by atoms with Gasteiger partial charge in [-0.3, -0.25) is 4.79 Å². The van der Waals surface area contributed by atoms with E-state index in [0.717, 1.165) is 33.8 Å². The van der Waals surface area contributed by atoms with Gasteiger partial charge in [0.1, 0.15) is 23.0 Å². The van der Waals surface area contributed by atoms with E-state index in [1.54, 1.807) is 12.1 Å². The maximum Gasteiger partial charge on any atom is 0.193 e. The molecule has 0 heterocycles. The van der Waals surface area contributed by atoms with E-state index in [1.807, 2.05) is 146 Å². The summed E-state index contributed by atoms with van der Waals surface area (Å²) in [6.07, 6.45) is 0. The Bertz CT molecular complexity index is 1890. The minimum absolute atomic E-state index is 0.0891. The number of benzene rings is 6. The van der Waals surface area contributed by atoms with E-state index in [9.17, 15) is 4.79 Å². The molecule has 0 spiro atoms. The predicted octanol–water partition coefficient (Wildman–Crippen LogP) is 9.30. The number of carbonyl (C=O) groups excluding carboxylic acids is 1. The average Bonchev–Trinajstić information content (AvgIpc) is 3.08. The molecule has 0 bridgehead atoms. The van der Waals surface area contributed by atoms with E-state index in [2.05, 4.69) is 23.7 Å². The number of hydrogen-bond acceptors (Lipinski definition) is 3. The monoisotopic (exact) mass is 566 g/mol. The van der Waals surface area contributed by atoms with Crippen molar-refractivity contribution in [1.29, 1.82) is 0 Å². The van der Waals surface area contributed by atoms with Crippen LogP contribution in [0.4, 0.5) is 0 Å². The van der Waals surface area contributed by atoms with Crippen molar-refractivity contribution in [2.45, 2.75) is 0 Å². The molecule has 0 aromatic heterocycles. The molecule has 208 valence electrons. The van der Waals surface area contributed by atoms with Crippen LogP contribution in [0.25, 0.3) is 0 Å². The first kappa shape index (κ1) is 27.9. The number of carbonyl (C=O) groups is 1. The zero-order valence-electron chi connectivity index (χ0n) is 23.7. The van der Waals surface area contributed by atoms with Crippen LogP contribution in [0, 0.1) is 23.7 Å². The number of para-hydroxylation sites is 2. The molecule has 0 N–H and O–H groups in total. The van der Waals surface area contributed by atoms with Crippen molar-refractivity contribution in [2.75, 3.05) is 0 Å². The van der Waals surface area contributed by atoms with Crippen molar-refractivity contribution in [3.05, 3.63) is 191 Å². The van der Waals surface area contributed by atoms with Gasteiger partial charge < -0.3 is 9.47 Å². The molecule has 6 rings (SSSR count). The first-order valence-electron chi connectivity index (χ1n) is 14.1. The second kappa shape index (κ2) is 13.6. The Labute approximate surface area is 257 Å². The number of hydrogen-bond donors (Lipinski definition) is 0. The van der Waals surface area contributed by atoms with Crippen LogP contribution in [0.5, 0.6) is 23.0 Å². The average molecular weight is 567 g/mol. The molecule has 3 nitrogen and oxygen atoms in total. The molecular weight excluding hydrogens is 540 g/mol. The molecule has 0 atom stereocenters. The lowest BCUT2D eigenvalue weighted by molar-refractivity contribution is 0.103. The largest absolute Gasteiger partial charge is 0.457 e. The molecule has 3 heteroatoms. The molecule has 6 aromatic rings. The van der Waals surface area contributed by atoms with Crippen LogP contribution in [-0.4, -0.2) is 5.78 Å². The molecule has 0 saturated heterocycles. The molecule has 6 aromatic carbocycles. The molecule has 0 amide bonds. The fraction of sp³-hybridized carbons (Fsp3) is 0. The first-order valence-corrected chi connectivity index (χ1v) is 14.1. The van der Waals surface area contributed by atoms with Gasteiger partial charge in [-0.25, -0.2) is 0 Å². The molecular formula is C41H26O3. The molecule has 0 saturated carbocycles. The third-order valence-corrected chi connectivity index (χ3v) is 6.58. The Hall–Kier alpha value is -6.29. The van der Waals surface area contributed by atoms with Crippen LogP contribution in [0.2, 0.25) is 0 Å². The summed E-state index contributed by atoms with van der Waals surface area (Å²) in [6, 6.07) is 49.2. The Morgan fingerprint density at radius 1 is 0.364 bits per heavy atom. The van der Waals surface area contributed by atoms with E-state index in [4.69, 9.17) is 9.47 Å². The highest BCUT2D eigenvalue weighted by Gasteiger charge is 2.10. The summed E-state index contributed by atoms with van der Waals surface area (Å²) in [5.74, 6) is 15.6. The van der Waals surface area contributed by atoms with Gasteiger partial charge in [0.2, 0.25) is 0 Å². The van der Waals surface area contributed by atoms with E-state index < -0.39 is 0 Å². The van der Waals surface area contributed by atoms with Crippen LogP contribution < -0.4 is 9.47 Å². The van der Waals surface area contributed by atoms with Gasteiger partial charge in [-0.15, -0.1) is 0 Å². The molecule has 0 aliphatic carbocycles. The van der Waals surface area contributed by atoms with Crippen LogP contribution in [0.3, 0.4) is 0 Å². The van der Waals surface area contributed by atoms with Crippen molar-refractivity contribution < 1.29 is 14.3 Å². The summed E-state index contributed by atoms with van der Waals surface area (Å²) >= 11 is 0. The SMILES string of the molecule is O=C(c1cccc(C#Cc2cccc(Oc3ccccc3)c2)c1)c1cccc(C#Cc2cccc(Oc3ccccc3)c2)c1. The van der Waals surface area contributed by atoms with Crippen LogP contribution in [0.1, 0.15) is 38.2 Å². The van der Waals surface area contributed by atoms with Crippen molar-refractivity contribution in [2.24, 2.45) is 0 Å². The van der Waals surface area contributed by atoms with Gasteiger partial charge in [0.05, 0.1) is 0 Å². The molecule has 0 fully saturated rings. The highest BCUT2D eigenvalue weighted by molar-refractivity contribution is 6.09. The Balaban J connectivity index is 1.15. The first-order chi connectivity index (χ1) is 21.7. The van der Waals surface area contributed by atoms with Gasteiger partial charge in [-0.05, 0) is 84.9 Å². The normalized spacial score (nSPS) is 10.0. The lowest BCUT2D eigenvalue weighted by atomic mass is 9.99. The maximum absolute atomic E-state index is 13.4. The third-order valence-electron chi connectivity index (χ3n) is 6.58. The second-order valence-corrected chi connectivity index (χ2v) is 9.88.